The molecule has 0 unspecified atom stereocenters. The fourth-order valence-corrected chi connectivity index (χ4v) is 1.06. The Balaban J connectivity index is 3.01. The summed E-state index contributed by atoms with van der Waals surface area (Å²) in [4.78, 5) is 24.1. The molecule has 1 heterocycles. The third kappa shape index (κ3) is 2.85. The van der Waals surface area contributed by atoms with Crippen molar-refractivity contribution in [2.24, 2.45) is 0 Å². The zero-order valence-electron chi connectivity index (χ0n) is 8.22. The summed E-state index contributed by atoms with van der Waals surface area (Å²) in [6.07, 6.45) is -4.43. The monoisotopic (exact) mass is 235 g/mol. The number of H-pyrrole nitrogens is 1. The van der Waals surface area contributed by atoms with Gasteiger partial charge in [-0.3, -0.25) is 9.59 Å². The number of carbonyl (C=O) groups excluding carboxylic acids is 1. The molecule has 0 amide bonds. The van der Waals surface area contributed by atoms with Crippen LogP contribution in [-0.4, -0.2) is 18.1 Å². The molecule has 0 aliphatic heterocycles. The number of hydrogen-bond donors (Lipinski definition) is 1. The first-order chi connectivity index (χ1) is 7.34. The van der Waals surface area contributed by atoms with Gasteiger partial charge in [0.05, 0.1) is 13.5 Å². The minimum atomic E-state index is -4.70. The van der Waals surface area contributed by atoms with Crippen molar-refractivity contribution in [3.05, 3.63) is 33.7 Å². The summed E-state index contributed by atoms with van der Waals surface area (Å²) in [5.74, 6) is -0.643. The van der Waals surface area contributed by atoms with Crippen molar-refractivity contribution < 1.29 is 22.7 Å². The van der Waals surface area contributed by atoms with Crippen LogP contribution < -0.4 is 5.43 Å². The SMILES string of the molecule is COC(=O)Cc1cc(=O)c(C(F)(F)F)c[nH]1. The van der Waals surface area contributed by atoms with Gasteiger partial charge in [0.1, 0.15) is 5.56 Å². The zero-order chi connectivity index (χ0) is 12.3. The van der Waals surface area contributed by atoms with Crippen LogP contribution in [0.3, 0.4) is 0 Å². The third-order valence-corrected chi connectivity index (χ3v) is 1.84. The van der Waals surface area contributed by atoms with Gasteiger partial charge in [-0.15, -0.1) is 0 Å². The summed E-state index contributed by atoms with van der Waals surface area (Å²) in [5.41, 5.74) is -2.39. The van der Waals surface area contributed by atoms with Crippen LogP contribution in [0.2, 0.25) is 0 Å². The first-order valence-corrected chi connectivity index (χ1v) is 4.20. The Labute approximate surface area is 88.0 Å². The lowest BCUT2D eigenvalue weighted by atomic mass is 10.2. The molecule has 1 rings (SSSR count). The summed E-state index contributed by atoms with van der Waals surface area (Å²) in [7, 11) is 1.14. The van der Waals surface area contributed by atoms with E-state index < -0.39 is 23.1 Å². The molecule has 0 bridgehead atoms. The normalized spacial score (nSPS) is 11.2. The second-order valence-electron chi connectivity index (χ2n) is 2.99. The first kappa shape index (κ1) is 12.3. The quantitative estimate of drug-likeness (QED) is 0.781. The molecule has 1 aromatic rings. The fraction of sp³-hybridized carbons (Fsp3) is 0.333. The average molecular weight is 235 g/mol. The van der Waals surface area contributed by atoms with Crippen molar-refractivity contribution >= 4 is 5.97 Å². The van der Waals surface area contributed by atoms with Gasteiger partial charge in [-0.1, -0.05) is 0 Å². The molecule has 0 spiro atoms. The number of nitrogens with one attached hydrogen (secondary N) is 1. The first-order valence-electron chi connectivity index (χ1n) is 4.20. The predicted molar refractivity (Wildman–Crippen MR) is 47.8 cm³/mol. The molecular weight excluding hydrogens is 227 g/mol. The van der Waals surface area contributed by atoms with Crippen molar-refractivity contribution in [3.63, 3.8) is 0 Å². The maximum absolute atomic E-state index is 12.2. The summed E-state index contributed by atoms with van der Waals surface area (Å²) >= 11 is 0. The van der Waals surface area contributed by atoms with Crippen LogP contribution in [-0.2, 0) is 22.1 Å². The highest BCUT2D eigenvalue weighted by atomic mass is 19.4. The number of aromatic amines is 1. The van der Waals surface area contributed by atoms with Crippen LogP contribution in [0.25, 0.3) is 0 Å². The molecule has 7 heteroatoms. The predicted octanol–water partition coefficient (Wildman–Crippen LogP) is 1.11. The molecule has 16 heavy (non-hydrogen) atoms. The fourth-order valence-electron chi connectivity index (χ4n) is 1.06. The number of ether oxygens (including phenoxy) is 1. The van der Waals surface area contributed by atoms with Crippen molar-refractivity contribution in [2.45, 2.75) is 12.6 Å². The van der Waals surface area contributed by atoms with Crippen LogP contribution in [0.15, 0.2) is 17.1 Å². The minimum absolute atomic E-state index is 0.0739. The Kier molecular flexibility index (Phi) is 3.36. The Morgan fingerprint density at radius 3 is 2.56 bits per heavy atom. The second-order valence-corrected chi connectivity index (χ2v) is 2.99. The highest BCUT2D eigenvalue weighted by Crippen LogP contribution is 2.25. The second kappa shape index (κ2) is 4.38. The van der Waals surface area contributed by atoms with Gasteiger partial charge in [0.25, 0.3) is 0 Å². The number of hydrogen-bond acceptors (Lipinski definition) is 3. The van der Waals surface area contributed by atoms with E-state index in [0.29, 0.717) is 6.20 Å². The van der Waals surface area contributed by atoms with Crippen molar-refractivity contribution in [3.8, 4) is 0 Å². The molecule has 4 nitrogen and oxygen atoms in total. The van der Waals surface area contributed by atoms with Gasteiger partial charge in [0, 0.05) is 18.0 Å². The van der Waals surface area contributed by atoms with Gasteiger partial charge in [-0.2, -0.15) is 13.2 Å². The zero-order valence-corrected chi connectivity index (χ0v) is 8.22. The molecule has 0 radical (unpaired) electrons. The third-order valence-electron chi connectivity index (χ3n) is 1.84. The molecule has 0 fully saturated rings. The molecule has 0 aliphatic carbocycles. The molecule has 0 saturated carbocycles. The van der Waals surface area contributed by atoms with Gasteiger partial charge in [-0.25, -0.2) is 0 Å². The van der Waals surface area contributed by atoms with E-state index in [9.17, 15) is 22.8 Å². The van der Waals surface area contributed by atoms with E-state index in [2.05, 4.69) is 9.72 Å². The van der Waals surface area contributed by atoms with E-state index >= 15 is 0 Å². The topological polar surface area (TPSA) is 59.2 Å². The van der Waals surface area contributed by atoms with Gasteiger partial charge in [-0.05, 0) is 0 Å². The van der Waals surface area contributed by atoms with E-state index in [0.717, 1.165) is 13.2 Å². The van der Waals surface area contributed by atoms with Crippen LogP contribution >= 0.6 is 0 Å². The molecule has 0 saturated heterocycles. The van der Waals surface area contributed by atoms with Crippen LogP contribution in [0.1, 0.15) is 11.3 Å². The number of carbonyl (C=O) groups is 1. The molecule has 1 N–H and O–H groups in total. The van der Waals surface area contributed by atoms with Crippen molar-refractivity contribution in [2.75, 3.05) is 7.11 Å². The van der Waals surface area contributed by atoms with Crippen molar-refractivity contribution in [1.82, 2.24) is 4.98 Å². The van der Waals surface area contributed by atoms with E-state index in [-0.39, 0.29) is 12.1 Å². The van der Waals surface area contributed by atoms with Gasteiger partial charge in [0.2, 0.25) is 0 Å². The highest BCUT2D eigenvalue weighted by molar-refractivity contribution is 5.71. The van der Waals surface area contributed by atoms with Gasteiger partial charge >= 0.3 is 12.1 Å². The lowest BCUT2D eigenvalue weighted by molar-refractivity contribution is -0.139. The Hall–Kier alpha value is -1.79. The lowest BCUT2D eigenvalue weighted by Crippen LogP contribution is -2.20. The number of halogens is 3. The smallest absolute Gasteiger partial charge is 0.421 e. The number of rotatable bonds is 2. The van der Waals surface area contributed by atoms with E-state index in [1.165, 1.54) is 0 Å². The van der Waals surface area contributed by atoms with E-state index in [1.807, 2.05) is 0 Å². The summed E-state index contributed by atoms with van der Waals surface area (Å²) in [6.45, 7) is 0. The van der Waals surface area contributed by atoms with Gasteiger partial charge in [0.15, 0.2) is 5.43 Å². The average Bonchev–Trinajstić information content (AvgIpc) is 2.15. The minimum Gasteiger partial charge on any atom is -0.469 e. The number of pyridine rings is 1. The molecule has 88 valence electrons. The van der Waals surface area contributed by atoms with E-state index in [4.69, 9.17) is 0 Å². The molecule has 0 atom stereocenters. The standard InChI is InChI=1S/C9H8F3NO3/c1-16-8(15)3-5-2-7(14)6(4-13-5)9(10,11)12/h2,4H,3H2,1H3,(H,13,14). The number of methoxy groups -OCH3 is 1. The van der Waals surface area contributed by atoms with Crippen LogP contribution in [0.5, 0.6) is 0 Å². The largest absolute Gasteiger partial charge is 0.469 e. The maximum atomic E-state index is 12.2. The van der Waals surface area contributed by atoms with Crippen LogP contribution in [0.4, 0.5) is 13.2 Å². The van der Waals surface area contributed by atoms with E-state index in [1.54, 1.807) is 0 Å². The lowest BCUT2D eigenvalue weighted by Gasteiger charge is -2.06. The summed E-state index contributed by atoms with van der Waals surface area (Å²) in [5, 5.41) is 0. The number of esters is 1. The molecular formula is C9H8F3NO3. The number of aromatic nitrogens is 1. The maximum Gasteiger partial charge on any atom is 0.421 e. The number of alkyl halides is 3. The summed E-state index contributed by atoms with van der Waals surface area (Å²) < 4.78 is 40.9. The molecule has 0 aliphatic rings. The Morgan fingerprint density at radius 2 is 2.12 bits per heavy atom. The molecule has 0 aromatic carbocycles. The van der Waals surface area contributed by atoms with Crippen molar-refractivity contribution in [1.29, 1.82) is 0 Å². The Bertz CT molecular complexity index is 450. The molecule has 1 aromatic heterocycles. The van der Waals surface area contributed by atoms with Gasteiger partial charge < -0.3 is 9.72 Å². The Morgan fingerprint density at radius 1 is 1.50 bits per heavy atom. The highest BCUT2D eigenvalue weighted by Gasteiger charge is 2.33. The van der Waals surface area contributed by atoms with Crippen LogP contribution in [0, 0.1) is 0 Å². The summed E-state index contributed by atoms with van der Waals surface area (Å²) in [6, 6.07) is 0.736.